The maximum absolute atomic E-state index is 11.9. The van der Waals surface area contributed by atoms with Crippen LogP contribution in [0, 0.1) is 0 Å². The SMILES string of the molecule is CC\C=C/C=C/C(C)=C/C(=O)Oc1ccc2c(c1)CC=CO2. The molecular weight excluding hydrogens is 276 g/mol. The minimum Gasteiger partial charge on any atom is -0.465 e. The van der Waals surface area contributed by atoms with Crippen molar-refractivity contribution in [2.24, 2.45) is 0 Å². The summed E-state index contributed by atoms with van der Waals surface area (Å²) in [5.74, 6) is 0.954. The molecule has 0 bridgehead atoms. The molecule has 3 nitrogen and oxygen atoms in total. The highest BCUT2D eigenvalue weighted by molar-refractivity contribution is 5.85. The van der Waals surface area contributed by atoms with Gasteiger partial charge in [0.2, 0.25) is 0 Å². The Balaban J connectivity index is 1.97. The zero-order valence-electron chi connectivity index (χ0n) is 12.9. The first-order valence-corrected chi connectivity index (χ1v) is 7.37. The lowest BCUT2D eigenvalue weighted by Crippen LogP contribution is -2.05. The van der Waals surface area contributed by atoms with Crippen molar-refractivity contribution in [3.05, 3.63) is 72.1 Å². The van der Waals surface area contributed by atoms with E-state index in [1.807, 2.05) is 49.4 Å². The van der Waals surface area contributed by atoms with Gasteiger partial charge >= 0.3 is 5.97 Å². The monoisotopic (exact) mass is 296 g/mol. The Morgan fingerprint density at radius 1 is 1.36 bits per heavy atom. The minimum atomic E-state index is -0.381. The van der Waals surface area contributed by atoms with Crippen molar-refractivity contribution in [1.82, 2.24) is 0 Å². The van der Waals surface area contributed by atoms with Crippen LogP contribution in [0.25, 0.3) is 0 Å². The van der Waals surface area contributed by atoms with Crippen LogP contribution in [0.3, 0.4) is 0 Å². The van der Waals surface area contributed by atoms with Gasteiger partial charge in [0.1, 0.15) is 11.5 Å². The van der Waals surface area contributed by atoms with E-state index in [4.69, 9.17) is 9.47 Å². The van der Waals surface area contributed by atoms with Gasteiger partial charge < -0.3 is 9.47 Å². The Labute approximate surface area is 131 Å². The van der Waals surface area contributed by atoms with E-state index >= 15 is 0 Å². The van der Waals surface area contributed by atoms with Crippen LogP contribution < -0.4 is 9.47 Å². The molecule has 114 valence electrons. The van der Waals surface area contributed by atoms with E-state index in [0.29, 0.717) is 5.75 Å². The lowest BCUT2D eigenvalue weighted by atomic mass is 10.1. The highest BCUT2D eigenvalue weighted by Crippen LogP contribution is 2.27. The Hall–Kier alpha value is -2.55. The van der Waals surface area contributed by atoms with Gasteiger partial charge in [-0.3, -0.25) is 0 Å². The van der Waals surface area contributed by atoms with E-state index in [1.54, 1.807) is 12.3 Å². The molecule has 0 saturated heterocycles. The second-order valence-electron chi connectivity index (χ2n) is 4.97. The largest absolute Gasteiger partial charge is 0.465 e. The van der Waals surface area contributed by atoms with Crippen LogP contribution in [0.4, 0.5) is 0 Å². The molecule has 1 aromatic carbocycles. The Morgan fingerprint density at radius 3 is 3.05 bits per heavy atom. The molecule has 0 N–H and O–H groups in total. The third kappa shape index (κ3) is 4.77. The van der Waals surface area contributed by atoms with Gasteiger partial charge in [-0.15, -0.1) is 0 Å². The first-order valence-electron chi connectivity index (χ1n) is 7.37. The summed E-state index contributed by atoms with van der Waals surface area (Å²) in [6, 6.07) is 5.38. The molecule has 0 unspecified atom stereocenters. The third-order valence-electron chi connectivity index (χ3n) is 3.07. The normalized spacial score (nSPS) is 14.2. The Kier molecular flexibility index (Phi) is 5.78. The van der Waals surface area contributed by atoms with Crippen LogP contribution in [-0.4, -0.2) is 5.97 Å². The summed E-state index contributed by atoms with van der Waals surface area (Å²) in [6.07, 6.45) is 14.6. The predicted molar refractivity (Wildman–Crippen MR) is 87.9 cm³/mol. The quantitative estimate of drug-likeness (QED) is 0.347. The molecule has 0 spiro atoms. The van der Waals surface area contributed by atoms with Crippen LogP contribution in [0.5, 0.6) is 11.5 Å². The molecule has 2 rings (SSSR count). The van der Waals surface area contributed by atoms with E-state index in [-0.39, 0.29) is 5.97 Å². The van der Waals surface area contributed by atoms with Crippen LogP contribution in [0.1, 0.15) is 25.8 Å². The highest BCUT2D eigenvalue weighted by Gasteiger charge is 2.09. The molecule has 0 amide bonds. The van der Waals surface area contributed by atoms with Crippen molar-refractivity contribution < 1.29 is 14.3 Å². The first-order chi connectivity index (χ1) is 10.7. The molecular formula is C19H20O3. The van der Waals surface area contributed by atoms with Crippen LogP contribution in [0.15, 0.2) is 66.5 Å². The second-order valence-corrected chi connectivity index (χ2v) is 4.97. The number of fused-ring (bicyclic) bond motifs is 1. The van der Waals surface area contributed by atoms with Gasteiger partial charge in [0.15, 0.2) is 0 Å². The van der Waals surface area contributed by atoms with Crippen molar-refractivity contribution in [3.8, 4) is 11.5 Å². The summed E-state index contributed by atoms with van der Waals surface area (Å²) in [6.45, 7) is 3.94. The molecule has 0 radical (unpaired) electrons. The molecule has 0 aliphatic carbocycles. The highest BCUT2D eigenvalue weighted by atomic mass is 16.5. The third-order valence-corrected chi connectivity index (χ3v) is 3.07. The predicted octanol–water partition coefficient (Wildman–Crippen LogP) is 4.51. The number of benzene rings is 1. The van der Waals surface area contributed by atoms with Gasteiger partial charge in [-0.25, -0.2) is 4.79 Å². The zero-order chi connectivity index (χ0) is 15.8. The molecule has 0 fully saturated rings. The number of rotatable bonds is 5. The Morgan fingerprint density at radius 2 is 2.23 bits per heavy atom. The lowest BCUT2D eigenvalue weighted by molar-refractivity contribution is -0.129. The van der Waals surface area contributed by atoms with Crippen molar-refractivity contribution in [2.45, 2.75) is 26.7 Å². The molecule has 0 aromatic heterocycles. The zero-order valence-corrected chi connectivity index (χ0v) is 12.9. The molecule has 1 aliphatic rings. The standard InChI is InChI=1S/C19H20O3/c1-3-4-5-6-8-15(2)13-19(20)22-17-10-11-18-16(14-17)9-7-12-21-18/h4-8,10-14H,3,9H2,1-2H3/b5-4-,8-6+,15-13+. The second kappa shape index (κ2) is 8.03. The molecule has 3 heteroatoms. The van der Waals surface area contributed by atoms with E-state index < -0.39 is 0 Å². The molecule has 1 heterocycles. The number of allylic oxidation sites excluding steroid dienone is 6. The van der Waals surface area contributed by atoms with Gasteiger partial charge in [0, 0.05) is 11.6 Å². The maximum atomic E-state index is 11.9. The number of esters is 1. The average Bonchev–Trinajstić information content (AvgIpc) is 2.51. The van der Waals surface area contributed by atoms with E-state index in [1.165, 1.54) is 6.08 Å². The molecule has 1 aliphatic heterocycles. The maximum Gasteiger partial charge on any atom is 0.336 e. The van der Waals surface area contributed by atoms with Gasteiger partial charge in [0.25, 0.3) is 0 Å². The summed E-state index contributed by atoms with van der Waals surface area (Å²) in [5.41, 5.74) is 1.85. The van der Waals surface area contributed by atoms with Gasteiger partial charge in [0.05, 0.1) is 6.26 Å². The fraction of sp³-hybridized carbons (Fsp3) is 0.211. The van der Waals surface area contributed by atoms with Crippen molar-refractivity contribution >= 4 is 5.97 Å². The molecule has 0 atom stereocenters. The van der Waals surface area contributed by atoms with Crippen molar-refractivity contribution in [3.63, 3.8) is 0 Å². The fourth-order valence-corrected chi connectivity index (χ4v) is 1.99. The first kappa shape index (κ1) is 15.8. The summed E-state index contributed by atoms with van der Waals surface area (Å²) in [4.78, 5) is 11.9. The number of hydrogen-bond acceptors (Lipinski definition) is 3. The van der Waals surface area contributed by atoms with Crippen molar-refractivity contribution in [1.29, 1.82) is 0 Å². The van der Waals surface area contributed by atoms with Crippen LogP contribution >= 0.6 is 0 Å². The fourth-order valence-electron chi connectivity index (χ4n) is 1.99. The summed E-state index contributed by atoms with van der Waals surface area (Å²) < 4.78 is 10.7. The van der Waals surface area contributed by atoms with Gasteiger partial charge in [-0.1, -0.05) is 31.2 Å². The van der Waals surface area contributed by atoms with Crippen LogP contribution in [-0.2, 0) is 11.2 Å². The van der Waals surface area contributed by atoms with E-state index in [2.05, 4.69) is 6.92 Å². The number of hydrogen-bond donors (Lipinski definition) is 0. The van der Waals surface area contributed by atoms with Crippen molar-refractivity contribution in [2.75, 3.05) is 0 Å². The van der Waals surface area contributed by atoms with Gasteiger partial charge in [-0.05, 0) is 49.6 Å². The van der Waals surface area contributed by atoms with Crippen LogP contribution in [0.2, 0.25) is 0 Å². The summed E-state index contributed by atoms with van der Waals surface area (Å²) in [5, 5.41) is 0. The Bertz CT molecular complexity index is 649. The van der Waals surface area contributed by atoms with Gasteiger partial charge in [-0.2, -0.15) is 0 Å². The topological polar surface area (TPSA) is 35.5 Å². The summed E-state index contributed by atoms with van der Waals surface area (Å²) >= 11 is 0. The molecule has 22 heavy (non-hydrogen) atoms. The molecule has 0 saturated carbocycles. The average molecular weight is 296 g/mol. The smallest absolute Gasteiger partial charge is 0.336 e. The molecule has 1 aromatic rings. The lowest BCUT2D eigenvalue weighted by Gasteiger charge is -2.12. The summed E-state index contributed by atoms with van der Waals surface area (Å²) in [7, 11) is 0. The van der Waals surface area contributed by atoms with E-state index in [9.17, 15) is 4.79 Å². The number of carbonyl (C=O) groups is 1. The minimum absolute atomic E-state index is 0.381. The van der Waals surface area contributed by atoms with E-state index in [0.717, 1.165) is 29.7 Å². The number of carbonyl (C=O) groups excluding carboxylic acids is 1. The number of ether oxygens (including phenoxy) is 2.